The number of halogens is 3. The Morgan fingerprint density at radius 1 is 1.31 bits per heavy atom. The fourth-order valence-electron chi connectivity index (χ4n) is 2.61. The highest BCUT2D eigenvalue weighted by Gasteiger charge is 2.29. The molecule has 0 radical (unpaired) electrons. The van der Waals surface area contributed by atoms with E-state index in [2.05, 4.69) is 21.2 Å². The van der Waals surface area contributed by atoms with Crippen molar-refractivity contribution >= 4 is 45.0 Å². The third-order valence-corrected chi connectivity index (χ3v) is 4.88. The van der Waals surface area contributed by atoms with Gasteiger partial charge in [0.2, 0.25) is 0 Å². The molecule has 2 aromatic carbocycles. The molecule has 26 heavy (non-hydrogen) atoms. The Hall–Kier alpha value is -2.38. The van der Waals surface area contributed by atoms with Crippen LogP contribution >= 0.6 is 27.5 Å². The first kappa shape index (κ1) is 18.4. The van der Waals surface area contributed by atoms with Crippen molar-refractivity contribution in [2.24, 2.45) is 0 Å². The summed E-state index contributed by atoms with van der Waals surface area (Å²) in [5.41, 5.74) is 0.956. The smallest absolute Gasteiger partial charge is 0.326 e. The number of rotatable bonds is 2. The predicted octanol–water partition coefficient (Wildman–Crippen LogP) is 5.01. The lowest BCUT2D eigenvalue weighted by molar-refractivity contribution is -0.116. The highest BCUT2D eigenvalue weighted by molar-refractivity contribution is 9.10. The Kier molecular flexibility index (Phi) is 5.29. The summed E-state index contributed by atoms with van der Waals surface area (Å²) in [4.78, 5) is 25.9. The van der Waals surface area contributed by atoms with Crippen molar-refractivity contribution in [1.29, 1.82) is 0 Å². The second kappa shape index (κ2) is 7.47. The van der Waals surface area contributed by atoms with Crippen LogP contribution in [0.1, 0.15) is 18.0 Å². The molecule has 1 heterocycles. The van der Waals surface area contributed by atoms with Crippen LogP contribution in [0.5, 0.6) is 5.75 Å². The first-order valence-electron chi connectivity index (χ1n) is 7.59. The molecule has 134 valence electrons. The van der Waals surface area contributed by atoms with Crippen molar-refractivity contribution in [3.8, 4) is 5.75 Å². The zero-order chi connectivity index (χ0) is 18.8. The second-order valence-corrected chi connectivity index (χ2v) is 6.94. The number of carbonyl (C=O) groups excluding carboxylic acids is 2. The van der Waals surface area contributed by atoms with Crippen LogP contribution in [-0.4, -0.2) is 21.8 Å². The van der Waals surface area contributed by atoms with Crippen molar-refractivity contribution in [2.75, 3.05) is 5.32 Å². The predicted molar refractivity (Wildman–Crippen MR) is 99.6 cm³/mol. The molecule has 2 amide bonds. The minimum Gasteiger partial charge on any atom is -0.506 e. The number of carbonyl (C=O) groups is 2. The van der Waals surface area contributed by atoms with Crippen molar-refractivity contribution in [1.82, 2.24) is 4.90 Å². The minimum atomic E-state index is -0.562. The summed E-state index contributed by atoms with van der Waals surface area (Å²) in [5.74, 6) is -0.707. The van der Waals surface area contributed by atoms with Gasteiger partial charge in [-0.05, 0) is 45.8 Å². The molecule has 0 saturated carbocycles. The number of phenolic OH excluding ortho intramolecular Hbond substituents is 1. The van der Waals surface area contributed by atoms with Crippen LogP contribution in [0.3, 0.4) is 0 Å². The average Bonchev–Trinajstić information content (AvgIpc) is 2.60. The van der Waals surface area contributed by atoms with E-state index in [0.717, 1.165) is 0 Å². The molecule has 0 spiro atoms. The number of hydrogen-bond donors (Lipinski definition) is 2. The van der Waals surface area contributed by atoms with Gasteiger partial charge in [0.05, 0.1) is 16.8 Å². The van der Waals surface area contributed by atoms with Gasteiger partial charge < -0.3 is 10.4 Å². The molecule has 1 unspecified atom stereocenters. The number of hydrogen-bond acceptors (Lipinski definition) is 3. The lowest BCUT2D eigenvalue weighted by Crippen LogP contribution is -2.37. The third kappa shape index (κ3) is 3.89. The number of nitrogens with zero attached hydrogens (tertiary/aromatic N) is 1. The maximum Gasteiger partial charge on any atom is 0.326 e. The number of urea groups is 1. The average molecular weight is 440 g/mol. The van der Waals surface area contributed by atoms with E-state index in [9.17, 15) is 19.1 Å². The minimum absolute atomic E-state index is 0.0859. The van der Waals surface area contributed by atoms with E-state index in [1.165, 1.54) is 53.6 Å². The van der Waals surface area contributed by atoms with Crippen molar-refractivity contribution in [3.63, 3.8) is 0 Å². The molecule has 0 fully saturated rings. The highest BCUT2D eigenvalue weighted by atomic mass is 79.9. The molecule has 2 N–H and O–H groups in total. The first-order valence-corrected chi connectivity index (χ1v) is 8.76. The molecular weight excluding hydrogens is 427 g/mol. The summed E-state index contributed by atoms with van der Waals surface area (Å²) in [6, 6.07) is 7.34. The number of nitrogens with one attached hydrogen (secondary N) is 1. The number of anilines is 1. The van der Waals surface area contributed by atoms with E-state index in [1.54, 1.807) is 0 Å². The Bertz CT molecular complexity index is 902. The fourth-order valence-corrected chi connectivity index (χ4v) is 3.35. The molecule has 1 atom stereocenters. The van der Waals surface area contributed by atoms with Gasteiger partial charge >= 0.3 is 6.03 Å². The Morgan fingerprint density at radius 2 is 2.00 bits per heavy atom. The van der Waals surface area contributed by atoms with Gasteiger partial charge in [-0.15, -0.1) is 0 Å². The van der Waals surface area contributed by atoms with E-state index in [0.29, 0.717) is 15.7 Å². The van der Waals surface area contributed by atoms with Crippen LogP contribution in [0.2, 0.25) is 5.02 Å². The maximum atomic E-state index is 13.2. The summed E-state index contributed by atoms with van der Waals surface area (Å²) >= 11 is 9.09. The lowest BCUT2D eigenvalue weighted by Gasteiger charge is -2.31. The normalized spacial score (nSPS) is 16.7. The summed E-state index contributed by atoms with van der Waals surface area (Å²) in [5, 5.41) is 12.5. The second-order valence-electron chi connectivity index (χ2n) is 5.67. The summed E-state index contributed by atoms with van der Waals surface area (Å²) in [7, 11) is 0. The summed E-state index contributed by atoms with van der Waals surface area (Å²) < 4.78 is 13.7. The van der Waals surface area contributed by atoms with E-state index < -0.39 is 17.9 Å². The molecule has 3 rings (SSSR count). The Morgan fingerprint density at radius 3 is 2.69 bits per heavy atom. The van der Waals surface area contributed by atoms with Crippen molar-refractivity contribution in [3.05, 3.63) is 69.6 Å². The molecule has 2 aromatic rings. The Labute approximate surface area is 162 Å². The molecule has 0 saturated heterocycles. The maximum absolute atomic E-state index is 13.2. The van der Waals surface area contributed by atoms with Gasteiger partial charge in [-0.2, -0.15) is 0 Å². The monoisotopic (exact) mass is 438 g/mol. The van der Waals surface area contributed by atoms with E-state index in [-0.39, 0.29) is 23.0 Å². The number of ketones is 1. The zero-order valence-electron chi connectivity index (χ0n) is 13.2. The van der Waals surface area contributed by atoms with Crippen LogP contribution in [0, 0.1) is 5.82 Å². The number of phenols is 1. The molecule has 5 nitrogen and oxygen atoms in total. The molecule has 1 aliphatic heterocycles. The van der Waals surface area contributed by atoms with Crippen LogP contribution in [0.4, 0.5) is 14.9 Å². The van der Waals surface area contributed by atoms with E-state index in [4.69, 9.17) is 11.6 Å². The van der Waals surface area contributed by atoms with Gasteiger partial charge in [-0.1, -0.05) is 23.7 Å². The number of aromatic hydroxyl groups is 1. The topological polar surface area (TPSA) is 69.6 Å². The zero-order valence-corrected chi connectivity index (χ0v) is 15.6. The van der Waals surface area contributed by atoms with Gasteiger partial charge in [-0.25, -0.2) is 9.18 Å². The Balaban J connectivity index is 1.88. The van der Waals surface area contributed by atoms with Gasteiger partial charge in [0.1, 0.15) is 11.6 Å². The van der Waals surface area contributed by atoms with Crippen LogP contribution < -0.4 is 5.32 Å². The van der Waals surface area contributed by atoms with Crippen LogP contribution in [0.25, 0.3) is 0 Å². The molecular formula is C18H13BrClFN2O3. The van der Waals surface area contributed by atoms with Crippen LogP contribution in [-0.2, 0) is 4.79 Å². The van der Waals surface area contributed by atoms with Gasteiger partial charge in [0.15, 0.2) is 5.78 Å². The fraction of sp³-hybridized carbons (Fsp3) is 0.111. The molecule has 8 heteroatoms. The highest BCUT2D eigenvalue weighted by Crippen LogP contribution is 2.35. The number of amides is 2. The van der Waals surface area contributed by atoms with E-state index in [1.807, 2.05) is 0 Å². The largest absolute Gasteiger partial charge is 0.506 e. The van der Waals surface area contributed by atoms with Crippen molar-refractivity contribution < 1.29 is 19.1 Å². The van der Waals surface area contributed by atoms with Gasteiger partial charge in [0.25, 0.3) is 0 Å². The molecule has 1 aliphatic rings. The van der Waals surface area contributed by atoms with Crippen LogP contribution in [0.15, 0.2) is 53.1 Å². The van der Waals surface area contributed by atoms with Crippen molar-refractivity contribution in [2.45, 2.75) is 12.5 Å². The number of benzene rings is 2. The number of allylic oxidation sites excluding steroid dienone is 1. The van der Waals surface area contributed by atoms with E-state index >= 15 is 0 Å². The summed E-state index contributed by atoms with van der Waals surface area (Å²) in [6.45, 7) is 0. The third-order valence-electron chi connectivity index (χ3n) is 3.92. The molecule has 0 aromatic heterocycles. The lowest BCUT2D eigenvalue weighted by atomic mass is 9.97. The molecule has 0 bridgehead atoms. The van der Waals surface area contributed by atoms with Gasteiger partial charge in [0, 0.05) is 23.2 Å². The molecule has 0 aliphatic carbocycles. The quantitative estimate of drug-likeness (QED) is 0.691. The first-order chi connectivity index (χ1) is 12.3. The summed E-state index contributed by atoms with van der Waals surface area (Å²) in [6.07, 6.45) is 2.79. The standard InChI is InChI=1S/C18H13BrClFN2O3/c19-13-8-14(20)17(25)9-15(13)22-18(26)23-6-5-12(24)7-16(23)10-1-3-11(21)4-2-10/h1-6,8-9,16,25H,7H2,(H,22,26). The van der Waals surface area contributed by atoms with Gasteiger partial charge in [-0.3, -0.25) is 9.69 Å². The SMILES string of the molecule is O=C1C=CN(C(=O)Nc2cc(O)c(Cl)cc2Br)C(c2ccc(F)cc2)C1.